The number of amides is 3. The van der Waals surface area contributed by atoms with Crippen LogP contribution in [0.1, 0.15) is 51.1 Å². The summed E-state index contributed by atoms with van der Waals surface area (Å²) >= 11 is 0. The Labute approximate surface area is 245 Å². The number of nitrogens with zero attached hydrogens (tertiary/aromatic N) is 5. The molecule has 2 aromatic heterocycles. The molecule has 0 spiro atoms. The quantitative estimate of drug-likeness (QED) is 0.254. The van der Waals surface area contributed by atoms with Crippen molar-refractivity contribution in [2.24, 2.45) is 0 Å². The number of rotatable bonds is 6. The lowest BCUT2D eigenvalue weighted by Gasteiger charge is -2.37. The van der Waals surface area contributed by atoms with Gasteiger partial charge < -0.3 is 10.6 Å². The van der Waals surface area contributed by atoms with Crippen LogP contribution in [0.25, 0.3) is 0 Å². The third-order valence-corrected chi connectivity index (χ3v) is 7.48. The highest BCUT2D eigenvalue weighted by Gasteiger charge is 2.42. The summed E-state index contributed by atoms with van der Waals surface area (Å²) in [5.41, 5.74) is 3.10. The molecule has 6 rings (SSSR count). The molecule has 12 heteroatoms. The van der Waals surface area contributed by atoms with E-state index in [1.54, 1.807) is 40.4 Å². The molecule has 0 atom stereocenters. The third-order valence-electron chi connectivity index (χ3n) is 7.48. The number of benzene rings is 2. The van der Waals surface area contributed by atoms with Crippen molar-refractivity contribution in [2.45, 2.75) is 52.4 Å². The van der Waals surface area contributed by atoms with Crippen LogP contribution in [0.5, 0.6) is 0 Å². The smallest absolute Gasteiger partial charge is 0.323 e. The van der Waals surface area contributed by atoms with Crippen molar-refractivity contribution >= 4 is 40.8 Å². The topological polar surface area (TPSA) is 103 Å². The minimum atomic E-state index is -4.58. The van der Waals surface area contributed by atoms with Gasteiger partial charge in [0.2, 0.25) is 5.95 Å². The number of urea groups is 1. The Balaban J connectivity index is 1.27. The average molecular weight is 588 g/mol. The van der Waals surface area contributed by atoms with Crippen molar-refractivity contribution in [1.82, 2.24) is 15.0 Å². The number of nitrogens with one attached hydrogen (secondary N) is 2. The van der Waals surface area contributed by atoms with E-state index in [0.717, 1.165) is 41.4 Å². The molecule has 2 N–H and O–H groups in total. The SMILES string of the molecule is Cc1ccc(Nc2ncc3c(n2)N(C2CC2)C(=O)N(c2cc(NC(=O)c4ccc(C)c(C(F)(F)F)c4)ccc2C)C3)cn1. The first-order valence-electron chi connectivity index (χ1n) is 13.7. The molecule has 0 saturated heterocycles. The van der Waals surface area contributed by atoms with Crippen molar-refractivity contribution in [3.05, 3.63) is 94.4 Å². The third kappa shape index (κ3) is 5.72. The van der Waals surface area contributed by atoms with Crippen molar-refractivity contribution in [3.8, 4) is 0 Å². The molecule has 4 aromatic rings. The summed E-state index contributed by atoms with van der Waals surface area (Å²) in [5.74, 6) is 0.206. The van der Waals surface area contributed by atoms with E-state index >= 15 is 0 Å². The Morgan fingerprint density at radius 2 is 1.67 bits per heavy atom. The standard InChI is InChI=1S/C31H28F3N7O2/c1-17-4-7-20(12-25(17)31(32,33)34)28(42)37-22-8-5-18(2)26(13-22)40-16-21-14-36-29(38-23-9-6-19(3)35-15-23)39-27(21)41(30(40)43)24-10-11-24/h4-9,12-15,24H,10-11,16H2,1-3H3,(H,37,42)(H,36,38,39). The maximum absolute atomic E-state index is 13.9. The molecule has 3 amide bonds. The monoisotopic (exact) mass is 587 g/mol. The lowest BCUT2D eigenvalue weighted by Crippen LogP contribution is -2.49. The maximum atomic E-state index is 13.9. The number of aryl methyl sites for hydroxylation is 3. The lowest BCUT2D eigenvalue weighted by molar-refractivity contribution is -0.138. The summed E-state index contributed by atoms with van der Waals surface area (Å²) in [6, 6.07) is 12.0. The zero-order valence-corrected chi connectivity index (χ0v) is 23.7. The van der Waals surface area contributed by atoms with E-state index in [4.69, 9.17) is 0 Å². The summed E-state index contributed by atoms with van der Waals surface area (Å²) in [6.45, 7) is 5.29. The number of hydrogen-bond acceptors (Lipinski definition) is 6. The number of halogens is 3. The van der Waals surface area contributed by atoms with Crippen LogP contribution < -0.4 is 20.4 Å². The Morgan fingerprint density at radius 3 is 2.37 bits per heavy atom. The summed E-state index contributed by atoms with van der Waals surface area (Å²) in [4.78, 5) is 43.6. The van der Waals surface area contributed by atoms with Gasteiger partial charge in [0, 0.05) is 34.7 Å². The number of alkyl halides is 3. The van der Waals surface area contributed by atoms with E-state index in [9.17, 15) is 22.8 Å². The van der Waals surface area contributed by atoms with Gasteiger partial charge in [-0.15, -0.1) is 0 Å². The first-order valence-corrected chi connectivity index (χ1v) is 13.7. The molecule has 1 aliphatic heterocycles. The van der Waals surface area contributed by atoms with Crippen molar-refractivity contribution in [2.75, 3.05) is 20.4 Å². The van der Waals surface area contributed by atoms with Crippen LogP contribution in [0.4, 0.5) is 46.8 Å². The number of hydrogen-bond donors (Lipinski definition) is 2. The zero-order valence-electron chi connectivity index (χ0n) is 23.7. The summed E-state index contributed by atoms with van der Waals surface area (Å²) in [7, 11) is 0. The van der Waals surface area contributed by atoms with Crippen LogP contribution in [0.3, 0.4) is 0 Å². The number of aromatic nitrogens is 3. The van der Waals surface area contributed by atoms with Crippen LogP contribution in [0, 0.1) is 20.8 Å². The molecule has 1 aliphatic carbocycles. The molecule has 0 radical (unpaired) electrons. The first-order chi connectivity index (χ1) is 20.5. The van der Waals surface area contributed by atoms with Gasteiger partial charge in [0.15, 0.2) is 0 Å². The van der Waals surface area contributed by atoms with Gasteiger partial charge in [0.05, 0.1) is 29.7 Å². The second-order valence-electron chi connectivity index (χ2n) is 10.8. The molecule has 220 valence electrons. The number of carbonyl (C=O) groups is 2. The van der Waals surface area contributed by atoms with Crippen LogP contribution in [-0.4, -0.2) is 32.9 Å². The number of carbonyl (C=O) groups excluding carboxylic acids is 2. The molecule has 2 aliphatic rings. The normalized spacial score (nSPS) is 14.9. The second kappa shape index (κ2) is 10.7. The molecular formula is C31H28F3N7O2. The van der Waals surface area contributed by atoms with Gasteiger partial charge in [0.25, 0.3) is 5.91 Å². The van der Waals surface area contributed by atoms with Crippen LogP contribution >= 0.6 is 0 Å². The van der Waals surface area contributed by atoms with Gasteiger partial charge in [0.1, 0.15) is 5.82 Å². The molecule has 9 nitrogen and oxygen atoms in total. The highest BCUT2D eigenvalue weighted by Crippen LogP contribution is 2.40. The van der Waals surface area contributed by atoms with E-state index in [1.807, 2.05) is 26.0 Å². The molecule has 43 heavy (non-hydrogen) atoms. The minimum absolute atomic E-state index is 0.00500. The Bertz CT molecular complexity index is 1740. The number of anilines is 5. The predicted molar refractivity (Wildman–Crippen MR) is 157 cm³/mol. The Morgan fingerprint density at radius 1 is 0.930 bits per heavy atom. The van der Waals surface area contributed by atoms with Crippen LogP contribution in [-0.2, 0) is 12.7 Å². The van der Waals surface area contributed by atoms with Crippen molar-refractivity contribution in [1.29, 1.82) is 0 Å². The fourth-order valence-corrected chi connectivity index (χ4v) is 5.01. The van der Waals surface area contributed by atoms with Gasteiger partial charge in [-0.1, -0.05) is 12.1 Å². The Hall–Kier alpha value is -5.00. The summed E-state index contributed by atoms with van der Waals surface area (Å²) in [5, 5.41) is 5.82. The van der Waals surface area contributed by atoms with Gasteiger partial charge in [-0.3, -0.25) is 19.6 Å². The number of pyridine rings is 1. The van der Waals surface area contributed by atoms with Gasteiger partial charge in [-0.25, -0.2) is 9.78 Å². The molecule has 1 fully saturated rings. The van der Waals surface area contributed by atoms with E-state index in [-0.39, 0.29) is 29.7 Å². The van der Waals surface area contributed by atoms with E-state index in [0.29, 0.717) is 23.1 Å². The van der Waals surface area contributed by atoms with Gasteiger partial charge in [-0.05, 0) is 81.1 Å². The van der Waals surface area contributed by atoms with Crippen LogP contribution in [0.2, 0.25) is 0 Å². The maximum Gasteiger partial charge on any atom is 0.416 e. The fraction of sp³-hybridized carbons (Fsp3) is 0.258. The van der Waals surface area contributed by atoms with E-state index < -0.39 is 17.6 Å². The minimum Gasteiger partial charge on any atom is -0.323 e. The summed E-state index contributed by atoms with van der Waals surface area (Å²) < 4.78 is 40.2. The highest BCUT2D eigenvalue weighted by molar-refractivity contribution is 6.08. The van der Waals surface area contributed by atoms with Crippen LogP contribution in [0.15, 0.2) is 60.9 Å². The molecule has 0 bridgehead atoms. The molecule has 1 saturated carbocycles. The van der Waals surface area contributed by atoms with Gasteiger partial charge >= 0.3 is 12.2 Å². The first kappa shape index (κ1) is 28.1. The molecule has 2 aromatic carbocycles. The number of fused-ring (bicyclic) bond motifs is 1. The molecule has 0 unspecified atom stereocenters. The molecular weight excluding hydrogens is 559 g/mol. The largest absolute Gasteiger partial charge is 0.416 e. The lowest BCUT2D eigenvalue weighted by atomic mass is 10.0. The molecule has 3 heterocycles. The predicted octanol–water partition coefficient (Wildman–Crippen LogP) is 6.92. The van der Waals surface area contributed by atoms with Crippen molar-refractivity contribution in [3.63, 3.8) is 0 Å². The van der Waals surface area contributed by atoms with E-state index in [1.165, 1.54) is 19.1 Å². The average Bonchev–Trinajstić information content (AvgIpc) is 3.80. The Kier molecular flexibility index (Phi) is 6.99. The van der Waals surface area contributed by atoms with E-state index in [2.05, 4.69) is 25.6 Å². The fourth-order valence-electron chi connectivity index (χ4n) is 5.01. The second-order valence-corrected chi connectivity index (χ2v) is 10.8. The highest BCUT2D eigenvalue weighted by atomic mass is 19.4. The summed E-state index contributed by atoms with van der Waals surface area (Å²) in [6.07, 6.45) is 0.497. The zero-order chi connectivity index (χ0) is 30.5. The van der Waals surface area contributed by atoms with Gasteiger partial charge in [-0.2, -0.15) is 18.2 Å². The van der Waals surface area contributed by atoms with Crippen molar-refractivity contribution < 1.29 is 22.8 Å².